The lowest BCUT2D eigenvalue weighted by molar-refractivity contribution is 0.399. The summed E-state index contributed by atoms with van der Waals surface area (Å²) in [7, 11) is 1.00. The molecule has 3 rings (SSSR count). The van der Waals surface area contributed by atoms with E-state index in [2.05, 4.69) is 42.3 Å². The van der Waals surface area contributed by atoms with E-state index in [1.807, 2.05) is 43.5 Å². The molecule has 5 nitrogen and oxygen atoms in total. The number of aliphatic hydroxyl groups excluding tert-OH is 1. The first kappa shape index (κ1) is 26.8. The number of aliphatic hydroxyl groups is 1. The Morgan fingerprint density at radius 2 is 1.78 bits per heavy atom. The van der Waals surface area contributed by atoms with E-state index in [-0.39, 0.29) is 12.9 Å². The molecular formula is C21H33N3O2S. The van der Waals surface area contributed by atoms with Gasteiger partial charge in [0.1, 0.15) is 0 Å². The summed E-state index contributed by atoms with van der Waals surface area (Å²) in [6.45, 7) is 14.1. The van der Waals surface area contributed by atoms with Gasteiger partial charge >= 0.3 is 0 Å². The molecule has 0 aliphatic heterocycles. The number of nitrogens with one attached hydrogen (secondary N) is 2. The third-order valence-corrected chi connectivity index (χ3v) is 3.70. The van der Waals surface area contributed by atoms with Crippen LogP contribution in [0.2, 0.25) is 0 Å². The molecule has 2 heterocycles. The van der Waals surface area contributed by atoms with Crippen molar-refractivity contribution in [3.05, 3.63) is 59.1 Å². The second-order valence-electron chi connectivity index (χ2n) is 4.93. The first-order valence-electron chi connectivity index (χ1n) is 8.43. The Kier molecular flexibility index (Phi) is 14.6. The third kappa shape index (κ3) is 7.76. The smallest absolute Gasteiger partial charge is 0.190 e. The number of para-hydroxylation sites is 1. The lowest BCUT2D eigenvalue weighted by atomic mass is 10.2. The number of anilines is 1. The van der Waals surface area contributed by atoms with Crippen LogP contribution in [0.3, 0.4) is 0 Å². The van der Waals surface area contributed by atoms with Crippen LogP contribution in [0.4, 0.5) is 5.13 Å². The highest BCUT2D eigenvalue weighted by Gasteiger charge is 2.08. The molecule has 0 saturated heterocycles. The van der Waals surface area contributed by atoms with Crippen LogP contribution in [0.1, 0.15) is 35.1 Å². The molecule has 1 aromatic carbocycles. The van der Waals surface area contributed by atoms with Crippen LogP contribution in [0.25, 0.3) is 22.3 Å². The topological polar surface area (TPSA) is 78.0 Å². The summed E-state index contributed by atoms with van der Waals surface area (Å²) in [5.41, 5.74) is 2.39. The van der Waals surface area contributed by atoms with Gasteiger partial charge in [-0.3, -0.25) is 4.79 Å². The summed E-state index contributed by atoms with van der Waals surface area (Å²) in [6, 6.07) is 9.45. The van der Waals surface area contributed by atoms with E-state index < -0.39 is 0 Å². The molecule has 0 spiro atoms. The van der Waals surface area contributed by atoms with Crippen molar-refractivity contribution >= 4 is 27.4 Å². The Bertz CT molecular complexity index is 825. The molecule has 27 heavy (non-hydrogen) atoms. The SMILES string of the molecule is C.C=C.CC.CC(C)Nc1nc(-c2cc(=O)c3ccccc3[nH]2)cs1.CO. The van der Waals surface area contributed by atoms with Crippen molar-refractivity contribution in [3.63, 3.8) is 0 Å². The summed E-state index contributed by atoms with van der Waals surface area (Å²) in [5.74, 6) is 0. The molecule has 0 amide bonds. The van der Waals surface area contributed by atoms with Crippen molar-refractivity contribution in [1.82, 2.24) is 9.97 Å². The lowest BCUT2D eigenvalue weighted by Gasteiger charge is -2.04. The quantitative estimate of drug-likeness (QED) is 0.512. The Balaban J connectivity index is 0. The van der Waals surface area contributed by atoms with Crippen molar-refractivity contribution in [2.24, 2.45) is 0 Å². The van der Waals surface area contributed by atoms with E-state index in [1.165, 1.54) is 11.3 Å². The van der Waals surface area contributed by atoms with Crippen LogP contribution in [-0.4, -0.2) is 28.2 Å². The minimum atomic E-state index is 0. The monoisotopic (exact) mass is 391 g/mol. The van der Waals surface area contributed by atoms with Gasteiger partial charge < -0.3 is 15.4 Å². The van der Waals surface area contributed by atoms with E-state index in [1.54, 1.807) is 6.07 Å². The average molecular weight is 392 g/mol. The molecule has 6 heteroatoms. The van der Waals surface area contributed by atoms with E-state index in [9.17, 15) is 4.79 Å². The van der Waals surface area contributed by atoms with Gasteiger partial charge in [0, 0.05) is 35.5 Å². The normalized spacial score (nSPS) is 8.85. The summed E-state index contributed by atoms with van der Waals surface area (Å²) in [6.07, 6.45) is 0. The van der Waals surface area contributed by atoms with Crippen LogP contribution >= 0.6 is 11.3 Å². The number of aromatic amines is 1. The fourth-order valence-electron chi connectivity index (χ4n) is 2.05. The summed E-state index contributed by atoms with van der Waals surface area (Å²) >= 11 is 1.54. The Labute approximate surface area is 166 Å². The first-order chi connectivity index (χ1) is 12.6. The fourth-order valence-corrected chi connectivity index (χ4v) is 2.90. The average Bonchev–Trinajstić information content (AvgIpc) is 3.14. The number of thiazole rings is 1. The maximum Gasteiger partial charge on any atom is 0.190 e. The summed E-state index contributed by atoms with van der Waals surface area (Å²) in [4.78, 5) is 19.9. The van der Waals surface area contributed by atoms with Crippen LogP contribution in [-0.2, 0) is 0 Å². The van der Waals surface area contributed by atoms with Crippen LogP contribution in [0.15, 0.2) is 53.7 Å². The van der Waals surface area contributed by atoms with E-state index in [4.69, 9.17) is 5.11 Å². The molecule has 0 aliphatic carbocycles. The zero-order valence-electron chi connectivity index (χ0n) is 16.2. The minimum absolute atomic E-state index is 0. The molecule has 0 bridgehead atoms. The predicted molar refractivity (Wildman–Crippen MR) is 122 cm³/mol. The van der Waals surface area contributed by atoms with Gasteiger partial charge in [0.05, 0.1) is 11.4 Å². The van der Waals surface area contributed by atoms with Crippen molar-refractivity contribution in [3.8, 4) is 11.4 Å². The largest absolute Gasteiger partial charge is 0.400 e. The highest BCUT2D eigenvalue weighted by Crippen LogP contribution is 2.24. The summed E-state index contributed by atoms with van der Waals surface area (Å²) < 4.78 is 0. The number of nitrogens with zero attached hydrogens (tertiary/aromatic N) is 1. The van der Waals surface area contributed by atoms with Crippen LogP contribution in [0, 0.1) is 0 Å². The molecule has 0 aliphatic rings. The second-order valence-corrected chi connectivity index (χ2v) is 5.79. The van der Waals surface area contributed by atoms with Gasteiger partial charge in [0.25, 0.3) is 0 Å². The molecular weight excluding hydrogens is 358 g/mol. The van der Waals surface area contributed by atoms with Gasteiger partial charge in [-0.25, -0.2) is 4.98 Å². The lowest BCUT2D eigenvalue weighted by Crippen LogP contribution is -2.09. The van der Waals surface area contributed by atoms with Crippen LogP contribution < -0.4 is 10.7 Å². The van der Waals surface area contributed by atoms with Crippen molar-refractivity contribution < 1.29 is 5.11 Å². The Morgan fingerprint density at radius 3 is 2.37 bits per heavy atom. The number of H-pyrrole nitrogens is 1. The Morgan fingerprint density at radius 1 is 1.19 bits per heavy atom. The number of hydrogen-bond donors (Lipinski definition) is 3. The molecule has 3 aromatic rings. The maximum atomic E-state index is 12.1. The second kappa shape index (κ2) is 14.7. The fraction of sp³-hybridized carbons (Fsp3) is 0.333. The number of hydrogen-bond acceptors (Lipinski definition) is 5. The van der Waals surface area contributed by atoms with Crippen molar-refractivity contribution in [2.45, 2.75) is 41.2 Å². The summed E-state index contributed by atoms with van der Waals surface area (Å²) in [5, 5.41) is 13.8. The standard InChI is InChI=1S/C15H15N3OS.C2H6.C2H4.CH4O.CH4/c1-9(2)16-15-18-13(8-20-15)12-7-14(19)10-5-3-4-6-11(10)17-12;3*1-2;/h3-9H,1-2H3,(H,16,18)(H,17,19);1-2H3;1-2H2;2H,1H3;1H4. The van der Waals surface area contributed by atoms with Crippen LogP contribution in [0.5, 0.6) is 0 Å². The predicted octanol–water partition coefficient (Wildman–Crippen LogP) is 5.54. The number of benzene rings is 1. The van der Waals surface area contributed by atoms with Crippen molar-refractivity contribution in [1.29, 1.82) is 0 Å². The van der Waals surface area contributed by atoms with Gasteiger partial charge in [0.15, 0.2) is 10.6 Å². The zero-order valence-corrected chi connectivity index (χ0v) is 17.0. The van der Waals surface area contributed by atoms with Crippen molar-refractivity contribution in [2.75, 3.05) is 12.4 Å². The molecule has 150 valence electrons. The number of fused-ring (bicyclic) bond motifs is 1. The molecule has 0 atom stereocenters. The third-order valence-electron chi connectivity index (χ3n) is 2.93. The highest BCUT2D eigenvalue weighted by atomic mass is 32.1. The number of rotatable bonds is 3. The maximum absolute atomic E-state index is 12.1. The van der Waals surface area contributed by atoms with Gasteiger partial charge in [-0.1, -0.05) is 33.4 Å². The molecule has 3 N–H and O–H groups in total. The molecule has 0 saturated carbocycles. The molecule has 0 fully saturated rings. The van der Waals surface area contributed by atoms with Gasteiger partial charge in [-0.15, -0.1) is 24.5 Å². The van der Waals surface area contributed by atoms with Gasteiger partial charge in [-0.05, 0) is 26.0 Å². The highest BCUT2D eigenvalue weighted by molar-refractivity contribution is 7.14. The molecule has 2 aromatic heterocycles. The minimum Gasteiger partial charge on any atom is -0.400 e. The number of pyridine rings is 1. The van der Waals surface area contributed by atoms with E-state index in [0.29, 0.717) is 11.4 Å². The van der Waals surface area contributed by atoms with Gasteiger partial charge in [-0.2, -0.15) is 0 Å². The molecule has 0 unspecified atom stereocenters. The van der Waals surface area contributed by atoms with Gasteiger partial charge in [0.2, 0.25) is 0 Å². The Hall–Kier alpha value is -2.44. The van der Waals surface area contributed by atoms with E-state index >= 15 is 0 Å². The number of aromatic nitrogens is 2. The zero-order chi connectivity index (χ0) is 20.1. The van der Waals surface area contributed by atoms with E-state index in [0.717, 1.165) is 29.1 Å². The first-order valence-corrected chi connectivity index (χ1v) is 9.30. The molecule has 0 radical (unpaired) electrons.